The Kier molecular flexibility index (Phi) is 6.61. The molecule has 0 heterocycles. The van der Waals surface area contributed by atoms with Crippen LogP contribution in [0.1, 0.15) is 18.9 Å². The first-order valence-corrected chi connectivity index (χ1v) is 5.90. The molecule has 0 aliphatic heterocycles. The third-order valence-corrected chi connectivity index (χ3v) is 2.34. The molecule has 0 aromatic heterocycles. The Balaban J connectivity index is 2.21. The highest BCUT2D eigenvalue weighted by Gasteiger charge is 1.95. The topological polar surface area (TPSA) is 41.5 Å². The minimum Gasteiger partial charge on any atom is -0.494 e. The van der Waals surface area contributed by atoms with Crippen molar-refractivity contribution in [2.24, 2.45) is 0 Å². The van der Waals surface area contributed by atoms with Crippen molar-refractivity contribution >= 4 is 0 Å². The van der Waals surface area contributed by atoms with Crippen molar-refractivity contribution in [3.05, 3.63) is 29.8 Å². The van der Waals surface area contributed by atoms with Crippen LogP contribution in [-0.4, -0.2) is 31.4 Å². The van der Waals surface area contributed by atoms with Crippen LogP contribution < -0.4 is 10.1 Å². The molecule has 1 aromatic rings. The third-order valence-electron chi connectivity index (χ3n) is 2.34. The van der Waals surface area contributed by atoms with Gasteiger partial charge in [0.1, 0.15) is 5.75 Å². The van der Waals surface area contributed by atoms with Crippen LogP contribution in [0.15, 0.2) is 24.3 Å². The lowest BCUT2D eigenvalue weighted by atomic mass is 10.1. The minimum absolute atomic E-state index is 0.197. The zero-order chi connectivity index (χ0) is 11.6. The van der Waals surface area contributed by atoms with Gasteiger partial charge in [0.05, 0.1) is 6.61 Å². The summed E-state index contributed by atoms with van der Waals surface area (Å²) in [6.07, 6.45) is 1.73. The first kappa shape index (κ1) is 13.0. The van der Waals surface area contributed by atoms with Gasteiger partial charge < -0.3 is 15.2 Å². The fraction of sp³-hybridized carbons (Fsp3) is 0.538. The van der Waals surface area contributed by atoms with Gasteiger partial charge in [-0.15, -0.1) is 0 Å². The summed E-state index contributed by atoms with van der Waals surface area (Å²) in [7, 11) is 0. The third kappa shape index (κ3) is 5.14. The smallest absolute Gasteiger partial charge is 0.119 e. The van der Waals surface area contributed by atoms with Gasteiger partial charge in [-0.05, 0) is 43.6 Å². The van der Waals surface area contributed by atoms with Crippen LogP contribution in [0, 0.1) is 0 Å². The Morgan fingerprint density at radius 1 is 1.25 bits per heavy atom. The maximum atomic E-state index is 8.77. The van der Waals surface area contributed by atoms with Crippen molar-refractivity contribution in [3.8, 4) is 5.75 Å². The van der Waals surface area contributed by atoms with Gasteiger partial charge in [0, 0.05) is 6.61 Å². The van der Waals surface area contributed by atoms with Crippen molar-refractivity contribution < 1.29 is 9.84 Å². The van der Waals surface area contributed by atoms with E-state index in [4.69, 9.17) is 9.84 Å². The van der Waals surface area contributed by atoms with Crippen LogP contribution in [0.25, 0.3) is 0 Å². The molecule has 0 bridgehead atoms. The van der Waals surface area contributed by atoms with Crippen LogP contribution in [0.2, 0.25) is 0 Å². The molecule has 3 heteroatoms. The molecule has 1 aromatic carbocycles. The summed E-state index contributed by atoms with van der Waals surface area (Å²) in [6.45, 7) is 5.05. The van der Waals surface area contributed by atoms with E-state index >= 15 is 0 Å². The second-order valence-electron chi connectivity index (χ2n) is 3.67. The van der Waals surface area contributed by atoms with Gasteiger partial charge in [-0.3, -0.25) is 0 Å². The van der Waals surface area contributed by atoms with Gasteiger partial charge in [0.2, 0.25) is 0 Å². The zero-order valence-electron chi connectivity index (χ0n) is 9.91. The molecular weight excluding hydrogens is 202 g/mol. The zero-order valence-corrected chi connectivity index (χ0v) is 9.91. The second kappa shape index (κ2) is 8.13. The van der Waals surface area contributed by atoms with E-state index in [0.717, 1.165) is 37.4 Å². The molecule has 0 amide bonds. The predicted octanol–water partition coefficient (Wildman–Crippen LogP) is 1.60. The number of aliphatic hydroxyl groups is 1. The summed E-state index contributed by atoms with van der Waals surface area (Å²) in [4.78, 5) is 0. The lowest BCUT2D eigenvalue weighted by Crippen LogP contribution is -2.16. The average Bonchev–Trinajstić information content (AvgIpc) is 2.31. The van der Waals surface area contributed by atoms with E-state index in [0.29, 0.717) is 6.42 Å². The number of ether oxygens (including phenoxy) is 1. The largest absolute Gasteiger partial charge is 0.494 e. The van der Waals surface area contributed by atoms with E-state index in [1.807, 2.05) is 24.3 Å². The summed E-state index contributed by atoms with van der Waals surface area (Å²) in [6, 6.07) is 7.90. The first-order valence-electron chi connectivity index (χ1n) is 5.90. The molecule has 2 N–H and O–H groups in total. The molecule has 1 rings (SSSR count). The molecule has 90 valence electrons. The standard InChI is InChI=1S/C13H21NO2/c1-2-14-9-3-11-16-13-6-4-12(5-7-13)8-10-15/h4-7,14-15H,2-3,8-11H2,1H3. The first-order chi connectivity index (χ1) is 7.86. The maximum absolute atomic E-state index is 8.77. The number of hydrogen-bond donors (Lipinski definition) is 2. The van der Waals surface area contributed by atoms with E-state index < -0.39 is 0 Å². The highest BCUT2D eigenvalue weighted by molar-refractivity contribution is 5.27. The lowest BCUT2D eigenvalue weighted by Gasteiger charge is -2.07. The highest BCUT2D eigenvalue weighted by Crippen LogP contribution is 2.12. The molecule has 0 unspecified atom stereocenters. The monoisotopic (exact) mass is 223 g/mol. The molecule has 0 fully saturated rings. The molecule has 0 radical (unpaired) electrons. The predicted molar refractivity (Wildman–Crippen MR) is 65.9 cm³/mol. The number of aliphatic hydroxyl groups excluding tert-OH is 1. The summed E-state index contributed by atoms with van der Waals surface area (Å²) in [5.74, 6) is 0.901. The molecule has 3 nitrogen and oxygen atoms in total. The Bertz CT molecular complexity index is 272. The summed E-state index contributed by atoms with van der Waals surface area (Å²) >= 11 is 0. The highest BCUT2D eigenvalue weighted by atomic mass is 16.5. The Morgan fingerprint density at radius 2 is 2.00 bits per heavy atom. The molecule has 0 saturated heterocycles. The van der Waals surface area contributed by atoms with Crippen molar-refractivity contribution in [1.29, 1.82) is 0 Å². The van der Waals surface area contributed by atoms with Gasteiger partial charge in [0.15, 0.2) is 0 Å². The molecule has 0 saturated carbocycles. The molecule has 0 aliphatic rings. The fourth-order valence-electron chi connectivity index (χ4n) is 1.45. The van der Waals surface area contributed by atoms with Crippen LogP contribution in [0.4, 0.5) is 0 Å². The maximum Gasteiger partial charge on any atom is 0.119 e. The van der Waals surface area contributed by atoms with E-state index in [9.17, 15) is 0 Å². The Hall–Kier alpha value is -1.06. The van der Waals surface area contributed by atoms with Crippen LogP contribution in [0.3, 0.4) is 0 Å². The van der Waals surface area contributed by atoms with Gasteiger partial charge in [-0.2, -0.15) is 0 Å². The van der Waals surface area contributed by atoms with Crippen molar-refractivity contribution in [2.45, 2.75) is 19.8 Å². The van der Waals surface area contributed by atoms with Crippen molar-refractivity contribution in [3.63, 3.8) is 0 Å². The summed E-state index contributed by atoms with van der Waals surface area (Å²) in [5.41, 5.74) is 1.14. The molecule has 0 atom stereocenters. The number of nitrogens with one attached hydrogen (secondary N) is 1. The second-order valence-corrected chi connectivity index (χ2v) is 3.67. The Labute approximate surface area is 97.4 Å². The van der Waals surface area contributed by atoms with Gasteiger partial charge in [0.25, 0.3) is 0 Å². The quantitative estimate of drug-likeness (QED) is 0.658. The average molecular weight is 223 g/mol. The van der Waals surface area contributed by atoms with E-state index in [2.05, 4.69) is 12.2 Å². The van der Waals surface area contributed by atoms with Crippen LogP contribution in [-0.2, 0) is 6.42 Å². The van der Waals surface area contributed by atoms with Gasteiger partial charge in [-0.25, -0.2) is 0 Å². The number of rotatable bonds is 8. The summed E-state index contributed by atoms with van der Waals surface area (Å²) < 4.78 is 5.58. The Morgan fingerprint density at radius 3 is 2.62 bits per heavy atom. The van der Waals surface area contributed by atoms with E-state index in [1.165, 1.54) is 0 Å². The van der Waals surface area contributed by atoms with Gasteiger partial charge in [-0.1, -0.05) is 19.1 Å². The summed E-state index contributed by atoms with van der Waals surface area (Å²) in [5, 5.41) is 12.0. The molecule has 16 heavy (non-hydrogen) atoms. The fourth-order valence-corrected chi connectivity index (χ4v) is 1.45. The van der Waals surface area contributed by atoms with E-state index in [1.54, 1.807) is 0 Å². The normalized spacial score (nSPS) is 10.4. The van der Waals surface area contributed by atoms with Gasteiger partial charge >= 0.3 is 0 Å². The lowest BCUT2D eigenvalue weighted by molar-refractivity contribution is 0.298. The number of benzene rings is 1. The molecule has 0 spiro atoms. The molecule has 0 aliphatic carbocycles. The molecular formula is C13H21NO2. The van der Waals surface area contributed by atoms with Crippen molar-refractivity contribution in [1.82, 2.24) is 5.32 Å². The van der Waals surface area contributed by atoms with Crippen LogP contribution >= 0.6 is 0 Å². The minimum atomic E-state index is 0.197. The SMILES string of the molecule is CCNCCCOc1ccc(CCO)cc1. The van der Waals surface area contributed by atoms with E-state index in [-0.39, 0.29) is 6.61 Å². The van der Waals surface area contributed by atoms with Crippen molar-refractivity contribution in [2.75, 3.05) is 26.3 Å². The van der Waals surface area contributed by atoms with Crippen LogP contribution in [0.5, 0.6) is 5.75 Å². The number of hydrogen-bond acceptors (Lipinski definition) is 3.